The van der Waals surface area contributed by atoms with Gasteiger partial charge in [0.25, 0.3) is 0 Å². The van der Waals surface area contributed by atoms with Gasteiger partial charge in [0.1, 0.15) is 0 Å². The van der Waals surface area contributed by atoms with Crippen LogP contribution in [0.2, 0.25) is 0 Å². The van der Waals surface area contributed by atoms with Gasteiger partial charge in [0.15, 0.2) is 17.5 Å². The molecule has 20 heavy (non-hydrogen) atoms. The van der Waals surface area contributed by atoms with Gasteiger partial charge in [0.2, 0.25) is 0 Å². The third-order valence-corrected chi connectivity index (χ3v) is 3.79. The maximum absolute atomic E-state index is 5.97. The van der Waals surface area contributed by atoms with E-state index in [9.17, 15) is 0 Å². The second-order valence-electron chi connectivity index (χ2n) is 4.15. The first-order valence-electron chi connectivity index (χ1n) is 6.52. The van der Waals surface area contributed by atoms with Crippen LogP contribution in [0.1, 0.15) is 19.4 Å². The zero-order chi connectivity index (χ0) is 15.1. The SMILES string of the molecule is CCN(CC)C(N)=NCc1cc(OC)c(OC)cc1Br. The summed E-state index contributed by atoms with van der Waals surface area (Å²) in [5.41, 5.74) is 6.97. The maximum atomic E-state index is 5.97. The van der Waals surface area contributed by atoms with E-state index in [2.05, 4.69) is 34.8 Å². The second kappa shape index (κ2) is 7.99. The van der Waals surface area contributed by atoms with Crippen LogP contribution in [0.15, 0.2) is 21.6 Å². The van der Waals surface area contributed by atoms with Gasteiger partial charge in [-0.1, -0.05) is 15.9 Å². The number of hydrogen-bond acceptors (Lipinski definition) is 3. The Morgan fingerprint density at radius 2 is 1.75 bits per heavy atom. The third kappa shape index (κ3) is 4.03. The van der Waals surface area contributed by atoms with Crippen LogP contribution in [0.3, 0.4) is 0 Å². The molecule has 5 nitrogen and oxygen atoms in total. The lowest BCUT2D eigenvalue weighted by Gasteiger charge is -2.19. The fourth-order valence-electron chi connectivity index (χ4n) is 1.83. The van der Waals surface area contributed by atoms with Crippen molar-refractivity contribution in [2.75, 3.05) is 27.3 Å². The van der Waals surface area contributed by atoms with Gasteiger partial charge in [-0.25, -0.2) is 4.99 Å². The lowest BCUT2D eigenvalue weighted by Crippen LogP contribution is -2.37. The topological polar surface area (TPSA) is 60.1 Å². The predicted molar refractivity (Wildman–Crippen MR) is 85.5 cm³/mol. The highest BCUT2D eigenvalue weighted by molar-refractivity contribution is 9.10. The number of guanidine groups is 1. The van der Waals surface area contributed by atoms with Crippen LogP contribution in [-0.2, 0) is 6.54 Å². The molecule has 0 aromatic heterocycles. The molecule has 0 saturated carbocycles. The number of methoxy groups -OCH3 is 2. The summed E-state index contributed by atoms with van der Waals surface area (Å²) < 4.78 is 11.5. The predicted octanol–water partition coefficient (Wildman–Crippen LogP) is 2.62. The monoisotopic (exact) mass is 343 g/mol. The first-order valence-corrected chi connectivity index (χ1v) is 7.31. The minimum atomic E-state index is 0.489. The largest absolute Gasteiger partial charge is 0.493 e. The van der Waals surface area contributed by atoms with E-state index in [4.69, 9.17) is 15.2 Å². The molecule has 0 radical (unpaired) electrons. The van der Waals surface area contributed by atoms with Crippen molar-refractivity contribution >= 4 is 21.9 Å². The standard InChI is InChI=1S/C14H22BrN3O2/c1-5-18(6-2)14(16)17-9-10-7-12(19-3)13(20-4)8-11(10)15/h7-8H,5-6,9H2,1-4H3,(H2,16,17). The summed E-state index contributed by atoms with van der Waals surface area (Å²) in [6.07, 6.45) is 0. The molecule has 0 spiro atoms. The molecule has 2 N–H and O–H groups in total. The lowest BCUT2D eigenvalue weighted by molar-refractivity contribution is 0.354. The van der Waals surface area contributed by atoms with E-state index in [0.717, 1.165) is 23.1 Å². The van der Waals surface area contributed by atoms with E-state index in [0.29, 0.717) is 24.0 Å². The van der Waals surface area contributed by atoms with Crippen molar-refractivity contribution in [3.63, 3.8) is 0 Å². The highest BCUT2D eigenvalue weighted by Crippen LogP contribution is 2.33. The molecule has 112 valence electrons. The van der Waals surface area contributed by atoms with E-state index in [1.165, 1.54) is 0 Å². The number of rotatable bonds is 6. The Labute approximate surface area is 128 Å². The fraction of sp³-hybridized carbons (Fsp3) is 0.500. The summed E-state index contributed by atoms with van der Waals surface area (Å²) in [5.74, 6) is 1.92. The molecular weight excluding hydrogens is 322 g/mol. The molecule has 0 aliphatic rings. The molecule has 0 aliphatic heterocycles. The molecule has 0 fully saturated rings. The Hall–Kier alpha value is -1.43. The van der Waals surface area contributed by atoms with Crippen molar-refractivity contribution in [2.45, 2.75) is 20.4 Å². The number of nitrogens with zero attached hydrogens (tertiary/aromatic N) is 2. The third-order valence-electron chi connectivity index (χ3n) is 3.05. The van der Waals surface area contributed by atoms with Crippen molar-refractivity contribution in [3.05, 3.63) is 22.2 Å². The van der Waals surface area contributed by atoms with Gasteiger partial charge in [-0.3, -0.25) is 0 Å². The van der Waals surface area contributed by atoms with Gasteiger partial charge in [-0.05, 0) is 31.5 Å². The molecule has 1 rings (SSSR count). The second-order valence-corrected chi connectivity index (χ2v) is 5.00. The Morgan fingerprint density at radius 3 is 2.25 bits per heavy atom. The molecule has 1 aromatic rings. The maximum Gasteiger partial charge on any atom is 0.191 e. The average molecular weight is 344 g/mol. The number of hydrogen-bond donors (Lipinski definition) is 1. The molecule has 0 heterocycles. The van der Waals surface area contributed by atoms with E-state index in [1.54, 1.807) is 14.2 Å². The summed E-state index contributed by atoms with van der Waals surface area (Å²) in [5, 5.41) is 0. The quantitative estimate of drug-likeness (QED) is 0.637. The minimum Gasteiger partial charge on any atom is -0.493 e. The van der Waals surface area contributed by atoms with Gasteiger partial charge in [0.05, 0.1) is 20.8 Å². The van der Waals surface area contributed by atoms with Crippen LogP contribution in [0.4, 0.5) is 0 Å². The molecule has 0 amide bonds. The highest BCUT2D eigenvalue weighted by Gasteiger charge is 2.10. The average Bonchev–Trinajstić information content (AvgIpc) is 2.46. The molecule has 0 bridgehead atoms. The first-order chi connectivity index (χ1) is 9.57. The minimum absolute atomic E-state index is 0.489. The van der Waals surface area contributed by atoms with E-state index >= 15 is 0 Å². The molecule has 0 aliphatic carbocycles. The number of ether oxygens (including phenoxy) is 2. The van der Waals surface area contributed by atoms with E-state index in [-0.39, 0.29) is 0 Å². The van der Waals surface area contributed by atoms with Gasteiger partial charge >= 0.3 is 0 Å². The molecule has 0 unspecified atom stereocenters. The number of aliphatic imine (C=N–C) groups is 1. The summed E-state index contributed by atoms with van der Waals surface area (Å²) in [6.45, 7) is 6.29. The van der Waals surface area contributed by atoms with Crippen molar-refractivity contribution in [1.82, 2.24) is 4.90 Å². The molecular formula is C14H22BrN3O2. The molecule has 6 heteroatoms. The Bertz CT molecular complexity index is 474. The fourth-order valence-corrected chi connectivity index (χ4v) is 2.28. The van der Waals surface area contributed by atoms with Crippen LogP contribution in [0.5, 0.6) is 11.5 Å². The first kappa shape index (κ1) is 16.6. The zero-order valence-corrected chi connectivity index (χ0v) is 14.0. The van der Waals surface area contributed by atoms with Gasteiger partial charge in [-0.2, -0.15) is 0 Å². The van der Waals surface area contributed by atoms with Gasteiger partial charge < -0.3 is 20.1 Å². The summed E-state index contributed by atoms with van der Waals surface area (Å²) in [4.78, 5) is 6.43. The van der Waals surface area contributed by atoms with E-state index in [1.807, 2.05) is 17.0 Å². The summed E-state index contributed by atoms with van der Waals surface area (Å²) >= 11 is 3.51. The van der Waals surface area contributed by atoms with Crippen LogP contribution >= 0.6 is 15.9 Å². The molecule has 1 aromatic carbocycles. The number of benzene rings is 1. The van der Waals surface area contributed by atoms with Crippen molar-refractivity contribution in [2.24, 2.45) is 10.7 Å². The highest BCUT2D eigenvalue weighted by atomic mass is 79.9. The lowest BCUT2D eigenvalue weighted by atomic mass is 10.2. The number of halogens is 1. The van der Waals surface area contributed by atoms with Crippen molar-refractivity contribution < 1.29 is 9.47 Å². The van der Waals surface area contributed by atoms with Crippen LogP contribution in [0.25, 0.3) is 0 Å². The van der Waals surface area contributed by atoms with Crippen LogP contribution in [-0.4, -0.2) is 38.2 Å². The number of nitrogens with two attached hydrogens (primary N) is 1. The Balaban J connectivity index is 2.95. The smallest absolute Gasteiger partial charge is 0.191 e. The Morgan fingerprint density at radius 1 is 1.20 bits per heavy atom. The van der Waals surface area contributed by atoms with E-state index < -0.39 is 0 Å². The summed E-state index contributed by atoms with van der Waals surface area (Å²) in [7, 11) is 3.23. The Kier molecular flexibility index (Phi) is 6.64. The van der Waals surface area contributed by atoms with Crippen LogP contribution in [0, 0.1) is 0 Å². The molecule has 0 atom stereocenters. The van der Waals surface area contributed by atoms with Crippen molar-refractivity contribution in [1.29, 1.82) is 0 Å². The summed E-state index contributed by atoms with van der Waals surface area (Å²) in [6, 6.07) is 3.78. The van der Waals surface area contributed by atoms with Gasteiger partial charge in [-0.15, -0.1) is 0 Å². The van der Waals surface area contributed by atoms with Crippen molar-refractivity contribution in [3.8, 4) is 11.5 Å². The van der Waals surface area contributed by atoms with Gasteiger partial charge in [0, 0.05) is 17.6 Å². The molecule has 0 saturated heterocycles. The zero-order valence-electron chi connectivity index (χ0n) is 12.4. The van der Waals surface area contributed by atoms with Crippen LogP contribution < -0.4 is 15.2 Å². The normalized spacial score (nSPS) is 11.3.